The van der Waals surface area contributed by atoms with Crippen LogP contribution < -0.4 is 5.32 Å². The van der Waals surface area contributed by atoms with E-state index in [1.54, 1.807) is 0 Å². The number of nitrogens with zero attached hydrogens (tertiary/aromatic N) is 3. The summed E-state index contributed by atoms with van der Waals surface area (Å²) >= 11 is 0. The summed E-state index contributed by atoms with van der Waals surface area (Å²) in [5.74, 6) is -0.207. The van der Waals surface area contributed by atoms with Gasteiger partial charge in [-0.05, 0) is 67.7 Å². The van der Waals surface area contributed by atoms with Crippen molar-refractivity contribution in [2.45, 2.75) is 99.9 Å². The Morgan fingerprint density at radius 2 is 1.17 bits per heavy atom. The standard InChI is InChI=1S/C20H41N4O4P.C8H18O.CO2/c1-19(2,3)16-23-10-8-21-7-9-22(15-18(25)28-20(4,5)6)11-13-24(14-12-23)17-27-29-26;1-7(2,3)9-8(4,5)6;2-1-3/h21H,7-17H2,1-6H3;1-6H3;. The lowest BCUT2D eigenvalue weighted by Crippen LogP contribution is -2.47. The van der Waals surface area contributed by atoms with Gasteiger partial charge in [-0.3, -0.25) is 19.1 Å². The highest BCUT2D eigenvalue weighted by Gasteiger charge is 2.22. The third-order valence-electron chi connectivity index (χ3n) is 5.05. The van der Waals surface area contributed by atoms with Crippen LogP contribution in [-0.4, -0.2) is 116 Å². The zero-order valence-corrected chi connectivity index (χ0v) is 28.8. The molecular weight excluding hydrogens is 547 g/mol. The Morgan fingerprint density at radius 1 is 0.732 bits per heavy atom. The number of carbonyl (C=O) groups is 1. The highest BCUT2D eigenvalue weighted by molar-refractivity contribution is 7.17. The summed E-state index contributed by atoms with van der Waals surface area (Å²) in [5, 5.41) is 3.50. The molecule has 0 amide bonds. The fraction of sp³-hybridized carbons (Fsp3) is 0.931. The van der Waals surface area contributed by atoms with E-state index in [1.165, 1.54) is 0 Å². The van der Waals surface area contributed by atoms with E-state index < -0.39 is 5.60 Å². The lowest BCUT2D eigenvalue weighted by molar-refractivity contribution is -0.191. The molecule has 1 aliphatic rings. The Bertz CT molecular complexity index is 738. The van der Waals surface area contributed by atoms with Gasteiger partial charge in [0.25, 0.3) is 0 Å². The molecular formula is C29H59N4O7P. The summed E-state index contributed by atoms with van der Waals surface area (Å²) < 4.78 is 27.0. The molecule has 0 spiro atoms. The molecule has 1 N–H and O–H groups in total. The maximum Gasteiger partial charge on any atom is 0.373 e. The van der Waals surface area contributed by atoms with Gasteiger partial charge in [0.05, 0.1) is 17.7 Å². The van der Waals surface area contributed by atoms with E-state index in [0.29, 0.717) is 6.73 Å². The number of ether oxygens (including phenoxy) is 2. The molecule has 11 nitrogen and oxygen atoms in total. The maximum atomic E-state index is 12.3. The summed E-state index contributed by atoms with van der Waals surface area (Å²) in [6.07, 6.45) is 0.250. The van der Waals surface area contributed by atoms with Crippen LogP contribution in [0.5, 0.6) is 0 Å². The molecule has 1 heterocycles. The van der Waals surface area contributed by atoms with Gasteiger partial charge < -0.3 is 19.7 Å². The van der Waals surface area contributed by atoms with Crippen molar-refractivity contribution in [2.24, 2.45) is 5.41 Å². The van der Waals surface area contributed by atoms with Gasteiger partial charge in [0.1, 0.15) is 12.3 Å². The van der Waals surface area contributed by atoms with Crippen molar-refractivity contribution in [2.75, 3.05) is 72.2 Å². The van der Waals surface area contributed by atoms with Crippen molar-refractivity contribution in [3.63, 3.8) is 0 Å². The van der Waals surface area contributed by atoms with Crippen molar-refractivity contribution in [3.05, 3.63) is 0 Å². The van der Waals surface area contributed by atoms with Gasteiger partial charge in [-0.25, -0.2) is 4.57 Å². The third-order valence-corrected chi connectivity index (χ3v) is 5.27. The van der Waals surface area contributed by atoms with E-state index in [-0.39, 0.29) is 44.0 Å². The van der Waals surface area contributed by atoms with Crippen LogP contribution >= 0.6 is 8.69 Å². The highest BCUT2D eigenvalue weighted by atomic mass is 31.1. The molecule has 0 aromatic rings. The molecule has 1 saturated heterocycles. The number of nitrogens with one attached hydrogen (secondary N) is 1. The summed E-state index contributed by atoms with van der Waals surface area (Å²) in [7, 11) is -0.306. The van der Waals surface area contributed by atoms with Crippen LogP contribution in [-0.2, 0) is 32.9 Å². The molecule has 1 rings (SSSR count). The maximum absolute atomic E-state index is 12.3. The fourth-order valence-electron chi connectivity index (χ4n) is 4.20. The predicted octanol–water partition coefficient (Wildman–Crippen LogP) is 4.08. The van der Waals surface area contributed by atoms with E-state index in [4.69, 9.17) is 23.6 Å². The molecule has 0 bridgehead atoms. The molecule has 0 unspecified atom stereocenters. The Labute approximate surface area is 251 Å². The molecule has 0 aromatic heterocycles. The second-order valence-corrected chi connectivity index (χ2v) is 14.7. The first-order valence-corrected chi connectivity index (χ1v) is 15.1. The first kappa shape index (κ1) is 41.8. The van der Waals surface area contributed by atoms with Gasteiger partial charge in [0, 0.05) is 58.9 Å². The fourth-order valence-corrected chi connectivity index (χ4v) is 4.41. The summed E-state index contributed by atoms with van der Waals surface area (Å²) in [5.41, 5.74) is -0.280. The average molecular weight is 607 g/mol. The molecule has 0 aromatic carbocycles. The first-order chi connectivity index (χ1) is 18.6. The molecule has 0 aliphatic carbocycles. The normalized spacial score (nSPS) is 17.6. The smallest absolute Gasteiger partial charge is 0.373 e. The van der Waals surface area contributed by atoms with Crippen LogP contribution in [0.2, 0.25) is 0 Å². The first-order valence-electron chi connectivity index (χ1n) is 14.3. The van der Waals surface area contributed by atoms with E-state index in [2.05, 4.69) is 82.3 Å². The zero-order valence-electron chi connectivity index (χ0n) is 27.9. The molecule has 41 heavy (non-hydrogen) atoms. The molecule has 0 radical (unpaired) electrons. The van der Waals surface area contributed by atoms with Crippen LogP contribution in [0.1, 0.15) is 83.1 Å². The van der Waals surface area contributed by atoms with Gasteiger partial charge in [-0.1, -0.05) is 20.8 Å². The highest BCUT2D eigenvalue weighted by Crippen LogP contribution is 2.18. The molecule has 1 fully saturated rings. The topological polar surface area (TPSA) is 118 Å². The molecule has 12 heteroatoms. The second kappa shape index (κ2) is 20.6. The van der Waals surface area contributed by atoms with Crippen molar-refractivity contribution >= 4 is 20.8 Å². The number of hydrogen-bond acceptors (Lipinski definition) is 11. The van der Waals surface area contributed by atoms with Crippen LogP contribution in [0.3, 0.4) is 0 Å². The Hall–Kier alpha value is -1.29. The van der Waals surface area contributed by atoms with E-state index in [9.17, 15) is 9.36 Å². The second-order valence-electron chi connectivity index (χ2n) is 14.3. The average Bonchev–Trinajstić information content (AvgIpc) is 2.72. The summed E-state index contributed by atoms with van der Waals surface area (Å²) in [4.78, 5) is 35.2. The van der Waals surface area contributed by atoms with Crippen LogP contribution in [0.15, 0.2) is 0 Å². The minimum atomic E-state index is -0.481. The van der Waals surface area contributed by atoms with Crippen LogP contribution in [0.4, 0.5) is 0 Å². The van der Waals surface area contributed by atoms with E-state index in [1.807, 2.05) is 20.8 Å². The monoisotopic (exact) mass is 606 g/mol. The lowest BCUT2D eigenvalue weighted by Gasteiger charge is -2.33. The third kappa shape index (κ3) is 31.5. The van der Waals surface area contributed by atoms with Crippen LogP contribution in [0.25, 0.3) is 0 Å². The van der Waals surface area contributed by atoms with Gasteiger partial charge in [-0.15, -0.1) is 0 Å². The van der Waals surface area contributed by atoms with Gasteiger partial charge in [-0.2, -0.15) is 9.59 Å². The summed E-state index contributed by atoms with van der Waals surface area (Å²) in [6.45, 7) is 33.1. The molecule has 0 saturated carbocycles. The predicted molar refractivity (Wildman–Crippen MR) is 162 cm³/mol. The van der Waals surface area contributed by atoms with Gasteiger partial charge in [0.15, 0.2) is 0 Å². The zero-order chi connectivity index (χ0) is 32.3. The number of esters is 1. The quantitative estimate of drug-likeness (QED) is 0.348. The van der Waals surface area contributed by atoms with Crippen molar-refractivity contribution in [1.29, 1.82) is 0 Å². The van der Waals surface area contributed by atoms with E-state index >= 15 is 0 Å². The van der Waals surface area contributed by atoms with Crippen molar-refractivity contribution in [3.8, 4) is 0 Å². The molecule has 0 atom stereocenters. The van der Waals surface area contributed by atoms with Gasteiger partial charge in [0.2, 0.25) is 0 Å². The number of hydrogen-bond donors (Lipinski definition) is 1. The molecule has 242 valence electrons. The largest absolute Gasteiger partial charge is 0.459 e. The Kier molecular flexibility index (Phi) is 21.0. The van der Waals surface area contributed by atoms with Crippen LogP contribution in [0, 0.1) is 5.41 Å². The van der Waals surface area contributed by atoms with Crippen molar-refractivity contribution < 1.29 is 32.9 Å². The minimum Gasteiger partial charge on any atom is -0.459 e. The Morgan fingerprint density at radius 3 is 1.56 bits per heavy atom. The van der Waals surface area contributed by atoms with Crippen molar-refractivity contribution in [1.82, 2.24) is 20.0 Å². The number of rotatable bonds is 6. The number of carbonyl (C=O) groups excluding carboxylic acids is 3. The van der Waals surface area contributed by atoms with E-state index in [0.717, 1.165) is 58.9 Å². The lowest BCUT2D eigenvalue weighted by atomic mass is 9.96. The summed E-state index contributed by atoms with van der Waals surface area (Å²) in [6, 6.07) is 0. The van der Waals surface area contributed by atoms with Gasteiger partial charge >= 0.3 is 20.8 Å². The minimum absolute atomic E-state index is 0.0156. The SMILES string of the molecule is CC(C)(C)CN1CCNCCN(CC(=O)OC(C)(C)C)CCN(COP=O)CC1.CC(C)(C)OC(C)(C)C.O=C=O. The molecule has 1 aliphatic heterocycles. The Balaban J connectivity index is 0.